The van der Waals surface area contributed by atoms with Crippen molar-refractivity contribution < 1.29 is 10.2 Å². The third-order valence-electron chi connectivity index (χ3n) is 4.01. The lowest BCUT2D eigenvalue weighted by atomic mass is 9.84. The van der Waals surface area contributed by atoms with E-state index in [0.29, 0.717) is 36.8 Å². The Balaban J connectivity index is 2.36. The minimum Gasteiger partial charge on any atom is -0.506 e. The molecular formula is C19H10Cl6O2. The van der Waals surface area contributed by atoms with Crippen LogP contribution in [-0.2, 0) is 0 Å². The summed E-state index contributed by atoms with van der Waals surface area (Å²) in [6, 6.07) is 10.9. The Morgan fingerprint density at radius 1 is 0.556 bits per heavy atom. The molecule has 0 bridgehead atoms. The van der Waals surface area contributed by atoms with Crippen molar-refractivity contribution in [1.29, 1.82) is 0 Å². The predicted molar refractivity (Wildman–Crippen MR) is 114 cm³/mol. The average Bonchev–Trinajstić information content (AvgIpc) is 2.59. The summed E-state index contributed by atoms with van der Waals surface area (Å²) in [5, 5.41) is 22.6. The van der Waals surface area contributed by atoms with Crippen LogP contribution in [-0.4, -0.2) is 10.2 Å². The zero-order valence-corrected chi connectivity index (χ0v) is 17.8. The highest BCUT2D eigenvalue weighted by Gasteiger charge is 2.26. The maximum atomic E-state index is 10.6. The van der Waals surface area contributed by atoms with Gasteiger partial charge in [-0.05, 0) is 42.0 Å². The highest BCUT2D eigenvalue weighted by Crippen LogP contribution is 2.47. The van der Waals surface area contributed by atoms with Gasteiger partial charge in [-0.2, -0.15) is 0 Å². The van der Waals surface area contributed by atoms with Crippen LogP contribution in [0.25, 0.3) is 0 Å². The van der Waals surface area contributed by atoms with Crippen molar-refractivity contribution in [1.82, 2.24) is 0 Å². The van der Waals surface area contributed by atoms with Gasteiger partial charge in [-0.1, -0.05) is 75.7 Å². The normalized spacial score (nSPS) is 11.2. The van der Waals surface area contributed by atoms with Gasteiger partial charge in [0, 0.05) is 27.1 Å². The molecule has 0 saturated carbocycles. The summed E-state index contributed by atoms with van der Waals surface area (Å²) < 4.78 is 0. The van der Waals surface area contributed by atoms with E-state index in [1.165, 1.54) is 12.1 Å². The highest BCUT2D eigenvalue weighted by molar-refractivity contribution is 6.42. The second-order valence-electron chi connectivity index (χ2n) is 5.76. The fraction of sp³-hybridized carbons (Fsp3) is 0.0526. The quantitative estimate of drug-likeness (QED) is 0.369. The zero-order valence-electron chi connectivity index (χ0n) is 13.3. The van der Waals surface area contributed by atoms with Crippen molar-refractivity contribution in [2.24, 2.45) is 0 Å². The van der Waals surface area contributed by atoms with Crippen LogP contribution >= 0.6 is 69.6 Å². The molecule has 0 unspecified atom stereocenters. The number of phenols is 2. The van der Waals surface area contributed by atoms with Crippen molar-refractivity contribution in [3.8, 4) is 11.5 Å². The molecule has 3 aromatic carbocycles. The van der Waals surface area contributed by atoms with Crippen molar-refractivity contribution in [3.63, 3.8) is 0 Å². The van der Waals surface area contributed by atoms with Crippen LogP contribution in [0.3, 0.4) is 0 Å². The Kier molecular flexibility index (Phi) is 6.27. The molecule has 8 heteroatoms. The van der Waals surface area contributed by atoms with E-state index >= 15 is 0 Å². The Morgan fingerprint density at radius 2 is 1.04 bits per heavy atom. The molecule has 0 heterocycles. The molecule has 0 saturated heterocycles. The van der Waals surface area contributed by atoms with E-state index in [4.69, 9.17) is 69.6 Å². The van der Waals surface area contributed by atoms with Crippen molar-refractivity contribution in [2.75, 3.05) is 0 Å². The third kappa shape index (κ3) is 4.22. The lowest BCUT2D eigenvalue weighted by molar-refractivity contribution is 0.459. The molecule has 3 rings (SSSR count). The molecule has 0 spiro atoms. The Hall–Kier alpha value is -1.00. The Bertz CT molecular complexity index is 978. The number of phenolic OH excluding ortho intramolecular Hbond substituents is 2. The number of benzene rings is 3. The van der Waals surface area contributed by atoms with E-state index in [-0.39, 0.29) is 21.5 Å². The smallest absolute Gasteiger partial charge is 0.138 e. The first-order valence-electron chi connectivity index (χ1n) is 7.49. The van der Waals surface area contributed by atoms with Crippen LogP contribution in [0.1, 0.15) is 22.6 Å². The molecule has 0 aliphatic carbocycles. The molecule has 140 valence electrons. The minimum atomic E-state index is -0.716. The van der Waals surface area contributed by atoms with Crippen LogP contribution in [0, 0.1) is 0 Å². The van der Waals surface area contributed by atoms with E-state index in [0.717, 1.165) is 0 Å². The number of rotatable bonds is 3. The SMILES string of the molecule is Oc1c(Cl)cc(Cl)cc1C(c1ccc(Cl)c(Cl)c1)c1cc(Cl)cc(Cl)c1O. The summed E-state index contributed by atoms with van der Waals surface area (Å²) in [6.07, 6.45) is 0. The van der Waals surface area contributed by atoms with Gasteiger partial charge in [-0.15, -0.1) is 0 Å². The summed E-state index contributed by atoms with van der Waals surface area (Å²) in [5.74, 6) is -1.09. The average molecular weight is 483 g/mol. The third-order valence-corrected chi connectivity index (χ3v) is 5.77. The number of aromatic hydroxyl groups is 2. The molecule has 3 aromatic rings. The van der Waals surface area contributed by atoms with E-state index in [9.17, 15) is 10.2 Å². The fourth-order valence-electron chi connectivity index (χ4n) is 2.83. The second-order valence-corrected chi connectivity index (χ2v) is 8.26. The maximum absolute atomic E-state index is 10.6. The lowest BCUT2D eigenvalue weighted by Crippen LogP contribution is -2.05. The molecule has 0 amide bonds. The number of halogens is 6. The van der Waals surface area contributed by atoms with Gasteiger partial charge in [0.15, 0.2) is 0 Å². The summed E-state index contributed by atoms with van der Waals surface area (Å²) in [4.78, 5) is 0. The van der Waals surface area contributed by atoms with E-state index in [2.05, 4.69) is 0 Å². The second kappa shape index (κ2) is 8.16. The molecular weight excluding hydrogens is 473 g/mol. The van der Waals surface area contributed by atoms with Crippen molar-refractivity contribution in [2.45, 2.75) is 5.92 Å². The predicted octanol–water partition coefficient (Wildman–Crippen LogP) is 8.20. The van der Waals surface area contributed by atoms with E-state index in [1.807, 2.05) is 0 Å². The van der Waals surface area contributed by atoms with Crippen LogP contribution < -0.4 is 0 Å². The van der Waals surface area contributed by atoms with Gasteiger partial charge >= 0.3 is 0 Å². The van der Waals surface area contributed by atoms with Crippen molar-refractivity contribution in [3.05, 3.63) is 89.3 Å². The van der Waals surface area contributed by atoms with Gasteiger partial charge in [0.25, 0.3) is 0 Å². The van der Waals surface area contributed by atoms with E-state index < -0.39 is 5.92 Å². The Morgan fingerprint density at radius 3 is 1.48 bits per heavy atom. The van der Waals surface area contributed by atoms with Gasteiger partial charge in [0.1, 0.15) is 11.5 Å². The minimum absolute atomic E-state index is 0.0650. The van der Waals surface area contributed by atoms with Gasteiger partial charge in [0.2, 0.25) is 0 Å². The van der Waals surface area contributed by atoms with Gasteiger partial charge in [0.05, 0.1) is 20.1 Å². The van der Waals surface area contributed by atoms with E-state index in [1.54, 1.807) is 30.3 Å². The first kappa shape index (κ1) is 20.7. The summed E-state index contributed by atoms with van der Waals surface area (Å²) in [7, 11) is 0. The molecule has 0 aromatic heterocycles. The first-order valence-corrected chi connectivity index (χ1v) is 9.76. The first-order chi connectivity index (χ1) is 12.7. The fourth-order valence-corrected chi connectivity index (χ4v) is 4.16. The van der Waals surface area contributed by atoms with Gasteiger partial charge in [-0.3, -0.25) is 0 Å². The van der Waals surface area contributed by atoms with Crippen LogP contribution in [0.2, 0.25) is 30.1 Å². The summed E-state index contributed by atoms with van der Waals surface area (Å²) >= 11 is 36.7. The molecule has 0 aliphatic rings. The van der Waals surface area contributed by atoms with Crippen LogP contribution in [0.15, 0.2) is 42.5 Å². The monoisotopic (exact) mass is 480 g/mol. The molecule has 0 fully saturated rings. The summed E-state index contributed by atoms with van der Waals surface area (Å²) in [6.45, 7) is 0. The number of hydrogen-bond donors (Lipinski definition) is 2. The highest BCUT2D eigenvalue weighted by atomic mass is 35.5. The molecule has 27 heavy (non-hydrogen) atoms. The lowest BCUT2D eigenvalue weighted by Gasteiger charge is -2.23. The van der Waals surface area contributed by atoms with Gasteiger partial charge in [-0.25, -0.2) is 0 Å². The molecule has 2 nitrogen and oxygen atoms in total. The largest absolute Gasteiger partial charge is 0.506 e. The maximum Gasteiger partial charge on any atom is 0.138 e. The topological polar surface area (TPSA) is 40.5 Å². The zero-order chi connectivity index (χ0) is 19.9. The molecule has 2 N–H and O–H groups in total. The van der Waals surface area contributed by atoms with Crippen LogP contribution in [0.4, 0.5) is 0 Å². The molecule has 0 aliphatic heterocycles. The number of hydrogen-bond acceptors (Lipinski definition) is 2. The van der Waals surface area contributed by atoms with Crippen LogP contribution in [0.5, 0.6) is 11.5 Å². The van der Waals surface area contributed by atoms with Gasteiger partial charge < -0.3 is 10.2 Å². The summed E-state index contributed by atoms with van der Waals surface area (Å²) in [5.41, 5.74) is 1.31. The molecule has 0 radical (unpaired) electrons. The standard InChI is InChI=1S/C19H10Cl6O2/c20-9-4-11(18(26)15(24)6-9)17(8-1-2-13(22)14(23)3-8)12-5-10(21)7-16(25)19(12)27/h1-7,17,26-27H. The Labute approximate surface area is 185 Å². The molecule has 0 atom stereocenters. The van der Waals surface area contributed by atoms with Crippen molar-refractivity contribution >= 4 is 69.6 Å².